The summed E-state index contributed by atoms with van der Waals surface area (Å²) in [5, 5.41) is 2.87. The van der Waals surface area contributed by atoms with E-state index in [2.05, 4.69) is 21.2 Å². The summed E-state index contributed by atoms with van der Waals surface area (Å²) < 4.78 is 11.4. The number of benzene rings is 2. The highest BCUT2D eigenvalue weighted by Crippen LogP contribution is 2.22. The normalized spacial score (nSPS) is 16.9. The van der Waals surface area contributed by atoms with Crippen molar-refractivity contribution in [2.45, 2.75) is 12.6 Å². The van der Waals surface area contributed by atoms with Crippen molar-refractivity contribution in [2.75, 3.05) is 26.8 Å². The van der Waals surface area contributed by atoms with Crippen LogP contribution in [0.1, 0.15) is 15.9 Å². The first-order valence-electron chi connectivity index (χ1n) is 8.62. The van der Waals surface area contributed by atoms with Crippen molar-refractivity contribution in [3.63, 3.8) is 0 Å². The maximum absolute atomic E-state index is 12.5. The monoisotopic (exact) mass is 432 g/mol. The molecule has 1 aliphatic rings. The minimum atomic E-state index is -0.250. The molecule has 0 aliphatic carbocycles. The third kappa shape index (κ3) is 5.08. The topological polar surface area (TPSA) is 67.9 Å². The number of amides is 2. The van der Waals surface area contributed by atoms with Crippen LogP contribution in [0.5, 0.6) is 5.75 Å². The Morgan fingerprint density at radius 2 is 2.07 bits per heavy atom. The second-order valence-electron chi connectivity index (χ2n) is 6.25. The molecule has 1 saturated heterocycles. The molecule has 142 valence electrons. The van der Waals surface area contributed by atoms with Gasteiger partial charge in [0.15, 0.2) is 0 Å². The van der Waals surface area contributed by atoms with Crippen molar-refractivity contribution in [1.29, 1.82) is 0 Å². The molecule has 1 atom stereocenters. The van der Waals surface area contributed by atoms with Gasteiger partial charge in [-0.2, -0.15) is 0 Å². The number of hydrogen-bond donors (Lipinski definition) is 1. The zero-order chi connectivity index (χ0) is 19.2. The molecule has 0 radical (unpaired) electrons. The smallest absolute Gasteiger partial charge is 0.252 e. The van der Waals surface area contributed by atoms with E-state index in [0.29, 0.717) is 35.4 Å². The summed E-state index contributed by atoms with van der Waals surface area (Å²) in [5.41, 5.74) is 1.55. The minimum Gasteiger partial charge on any atom is -0.497 e. The molecule has 1 heterocycles. The van der Waals surface area contributed by atoms with E-state index < -0.39 is 0 Å². The Morgan fingerprint density at radius 3 is 2.81 bits per heavy atom. The Hall–Kier alpha value is -2.38. The summed E-state index contributed by atoms with van der Waals surface area (Å²) in [6, 6.07) is 15.0. The van der Waals surface area contributed by atoms with E-state index in [1.54, 1.807) is 30.2 Å². The van der Waals surface area contributed by atoms with Gasteiger partial charge < -0.3 is 19.7 Å². The molecule has 0 bridgehead atoms. The van der Waals surface area contributed by atoms with Gasteiger partial charge in [0.2, 0.25) is 5.91 Å². The zero-order valence-corrected chi connectivity index (χ0v) is 16.6. The molecule has 2 aromatic carbocycles. The van der Waals surface area contributed by atoms with Gasteiger partial charge in [-0.25, -0.2) is 0 Å². The lowest BCUT2D eigenvalue weighted by Crippen LogP contribution is -2.50. The van der Waals surface area contributed by atoms with Crippen LogP contribution in [0.4, 0.5) is 0 Å². The molecule has 2 aromatic rings. The highest BCUT2D eigenvalue weighted by atomic mass is 79.9. The van der Waals surface area contributed by atoms with E-state index in [1.165, 1.54) is 0 Å². The van der Waals surface area contributed by atoms with Crippen LogP contribution in [-0.4, -0.2) is 49.6 Å². The van der Waals surface area contributed by atoms with Crippen LogP contribution >= 0.6 is 15.9 Å². The molecule has 0 saturated carbocycles. The van der Waals surface area contributed by atoms with Crippen LogP contribution in [0, 0.1) is 0 Å². The van der Waals surface area contributed by atoms with E-state index in [4.69, 9.17) is 9.47 Å². The number of halogens is 1. The van der Waals surface area contributed by atoms with Gasteiger partial charge in [0.05, 0.1) is 18.8 Å². The lowest BCUT2D eigenvalue weighted by atomic mass is 10.1. The summed E-state index contributed by atoms with van der Waals surface area (Å²) in [6.07, 6.45) is -0.250. The number of nitrogens with zero attached hydrogens (tertiary/aromatic N) is 1. The molecule has 1 unspecified atom stereocenters. The first-order chi connectivity index (χ1) is 13.1. The highest BCUT2D eigenvalue weighted by Gasteiger charge is 2.27. The van der Waals surface area contributed by atoms with Crippen LogP contribution in [0.25, 0.3) is 0 Å². The molecule has 7 heteroatoms. The predicted octanol–water partition coefficient (Wildman–Crippen LogP) is 2.62. The molecule has 3 rings (SSSR count). The second-order valence-corrected chi connectivity index (χ2v) is 7.10. The third-order valence-electron chi connectivity index (χ3n) is 4.34. The van der Waals surface area contributed by atoms with E-state index in [9.17, 15) is 9.59 Å². The van der Waals surface area contributed by atoms with Gasteiger partial charge in [-0.15, -0.1) is 0 Å². The van der Waals surface area contributed by atoms with Crippen molar-refractivity contribution in [1.82, 2.24) is 10.2 Å². The molecule has 0 aromatic heterocycles. The van der Waals surface area contributed by atoms with E-state index in [1.807, 2.05) is 30.3 Å². The van der Waals surface area contributed by atoms with Gasteiger partial charge >= 0.3 is 0 Å². The van der Waals surface area contributed by atoms with Crippen molar-refractivity contribution in [3.8, 4) is 5.75 Å². The van der Waals surface area contributed by atoms with Crippen molar-refractivity contribution < 1.29 is 19.1 Å². The number of carbonyl (C=O) groups excluding carboxylic acids is 2. The van der Waals surface area contributed by atoms with Gasteiger partial charge in [0.1, 0.15) is 12.4 Å². The molecule has 2 amide bonds. The standard InChI is InChI=1S/C20H21BrN2O4/c1-26-15-7-8-18(21)17(9-15)20(25)22-10-16-12-23(19(24)13-27-16)11-14-5-3-2-4-6-14/h2-9,16H,10-13H2,1H3,(H,22,25). The maximum atomic E-state index is 12.5. The molecular formula is C20H21BrN2O4. The molecular weight excluding hydrogens is 412 g/mol. The number of methoxy groups -OCH3 is 1. The van der Waals surface area contributed by atoms with Crippen LogP contribution in [0.2, 0.25) is 0 Å². The number of hydrogen-bond acceptors (Lipinski definition) is 4. The lowest BCUT2D eigenvalue weighted by Gasteiger charge is -2.33. The molecule has 6 nitrogen and oxygen atoms in total. The maximum Gasteiger partial charge on any atom is 0.252 e. The SMILES string of the molecule is COc1ccc(Br)c(C(=O)NCC2CN(Cc3ccccc3)C(=O)CO2)c1. The van der Waals surface area contributed by atoms with Crippen LogP contribution in [0.3, 0.4) is 0 Å². The van der Waals surface area contributed by atoms with Crippen molar-refractivity contribution >= 4 is 27.7 Å². The number of rotatable bonds is 6. The van der Waals surface area contributed by atoms with E-state index in [-0.39, 0.29) is 24.5 Å². The van der Waals surface area contributed by atoms with Crippen molar-refractivity contribution in [2.24, 2.45) is 0 Å². The molecule has 1 fully saturated rings. The third-order valence-corrected chi connectivity index (χ3v) is 5.04. The van der Waals surface area contributed by atoms with Crippen LogP contribution < -0.4 is 10.1 Å². The van der Waals surface area contributed by atoms with Crippen LogP contribution in [0.15, 0.2) is 53.0 Å². The summed E-state index contributed by atoms with van der Waals surface area (Å²) in [4.78, 5) is 26.4. The highest BCUT2D eigenvalue weighted by molar-refractivity contribution is 9.10. The first kappa shape index (κ1) is 19.4. The minimum absolute atomic E-state index is 0.0240. The second kappa shape index (κ2) is 9.01. The Morgan fingerprint density at radius 1 is 1.30 bits per heavy atom. The van der Waals surface area contributed by atoms with Gasteiger partial charge in [-0.3, -0.25) is 9.59 Å². The fourth-order valence-electron chi connectivity index (χ4n) is 2.87. The average molecular weight is 433 g/mol. The number of nitrogens with one attached hydrogen (secondary N) is 1. The number of ether oxygens (including phenoxy) is 2. The van der Waals surface area contributed by atoms with Crippen LogP contribution in [-0.2, 0) is 16.1 Å². The Balaban J connectivity index is 1.58. The molecule has 27 heavy (non-hydrogen) atoms. The predicted molar refractivity (Wildman–Crippen MR) is 105 cm³/mol. The summed E-state index contributed by atoms with van der Waals surface area (Å²) >= 11 is 3.38. The molecule has 1 aliphatic heterocycles. The summed E-state index contributed by atoms with van der Waals surface area (Å²) in [5.74, 6) is 0.338. The van der Waals surface area contributed by atoms with Gasteiger partial charge in [0, 0.05) is 24.1 Å². The number of carbonyl (C=O) groups is 2. The fraction of sp³-hybridized carbons (Fsp3) is 0.300. The molecule has 0 spiro atoms. The van der Waals surface area contributed by atoms with Gasteiger partial charge in [0.25, 0.3) is 5.91 Å². The Bertz CT molecular complexity index is 813. The van der Waals surface area contributed by atoms with Gasteiger partial charge in [-0.05, 0) is 39.7 Å². The van der Waals surface area contributed by atoms with E-state index >= 15 is 0 Å². The number of morpholine rings is 1. The summed E-state index contributed by atoms with van der Waals surface area (Å²) in [7, 11) is 1.55. The Labute approximate surface area is 166 Å². The average Bonchev–Trinajstić information content (AvgIpc) is 2.69. The fourth-order valence-corrected chi connectivity index (χ4v) is 3.29. The molecule has 1 N–H and O–H groups in total. The quantitative estimate of drug-likeness (QED) is 0.761. The van der Waals surface area contributed by atoms with Gasteiger partial charge in [-0.1, -0.05) is 30.3 Å². The summed E-state index contributed by atoms with van der Waals surface area (Å²) in [6.45, 7) is 1.32. The van der Waals surface area contributed by atoms with E-state index in [0.717, 1.165) is 5.56 Å². The lowest BCUT2D eigenvalue weighted by molar-refractivity contribution is -0.149. The first-order valence-corrected chi connectivity index (χ1v) is 9.41. The Kier molecular flexibility index (Phi) is 6.47. The zero-order valence-electron chi connectivity index (χ0n) is 15.0. The largest absolute Gasteiger partial charge is 0.497 e. The van der Waals surface area contributed by atoms with Crippen molar-refractivity contribution in [3.05, 3.63) is 64.1 Å².